The van der Waals surface area contributed by atoms with E-state index in [2.05, 4.69) is 5.32 Å². The molecule has 0 fully saturated rings. The van der Waals surface area contributed by atoms with E-state index in [9.17, 15) is 9.18 Å². The zero-order chi connectivity index (χ0) is 13.8. The van der Waals surface area contributed by atoms with Crippen LogP contribution < -0.4 is 11.1 Å². The number of rotatable bonds is 3. The Labute approximate surface area is 111 Å². The number of aryl methyl sites for hydroxylation is 1. The third-order valence-electron chi connectivity index (χ3n) is 2.83. The molecule has 0 saturated carbocycles. The zero-order valence-corrected chi connectivity index (χ0v) is 10.6. The lowest BCUT2D eigenvalue weighted by Gasteiger charge is -2.08. The molecule has 0 radical (unpaired) electrons. The average molecular weight is 258 g/mol. The quantitative estimate of drug-likeness (QED) is 0.830. The molecule has 2 aromatic rings. The summed E-state index contributed by atoms with van der Waals surface area (Å²) in [5.41, 5.74) is 7.61. The molecule has 0 atom stereocenters. The minimum Gasteiger partial charge on any atom is -0.399 e. The van der Waals surface area contributed by atoms with E-state index in [1.54, 1.807) is 6.07 Å². The van der Waals surface area contributed by atoms with Crippen LogP contribution in [-0.2, 0) is 6.42 Å². The number of hydrogen-bond donors (Lipinski definition) is 2. The molecule has 1 amide bonds. The van der Waals surface area contributed by atoms with Gasteiger partial charge in [0.25, 0.3) is 5.91 Å². The highest BCUT2D eigenvalue weighted by atomic mass is 19.1. The maximum Gasteiger partial charge on any atom is 0.258 e. The molecule has 0 spiro atoms. The third-order valence-corrected chi connectivity index (χ3v) is 2.83. The standard InChI is InChI=1S/C15H15FN2O/c1-2-10-4-3-5-12(8-10)18-15(19)13-9-11(17)6-7-14(13)16/h3-9H,2,17H2,1H3,(H,18,19). The normalized spacial score (nSPS) is 10.2. The highest BCUT2D eigenvalue weighted by molar-refractivity contribution is 6.05. The second kappa shape index (κ2) is 5.52. The van der Waals surface area contributed by atoms with Gasteiger partial charge in [-0.2, -0.15) is 0 Å². The summed E-state index contributed by atoms with van der Waals surface area (Å²) < 4.78 is 13.6. The lowest BCUT2D eigenvalue weighted by Crippen LogP contribution is -2.14. The summed E-state index contributed by atoms with van der Waals surface area (Å²) in [5.74, 6) is -1.09. The molecule has 2 rings (SSSR count). The molecular weight excluding hydrogens is 243 g/mol. The van der Waals surface area contributed by atoms with E-state index in [0.717, 1.165) is 12.0 Å². The highest BCUT2D eigenvalue weighted by Crippen LogP contribution is 2.16. The average Bonchev–Trinajstić information content (AvgIpc) is 2.41. The van der Waals surface area contributed by atoms with E-state index in [-0.39, 0.29) is 5.56 Å². The van der Waals surface area contributed by atoms with Gasteiger partial charge < -0.3 is 11.1 Å². The minimum atomic E-state index is -0.585. The van der Waals surface area contributed by atoms with Gasteiger partial charge in [-0.1, -0.05) is 19.1 Å². The predicted octanol–water partition coefficient (Wildman–Crippen LogP) is 3.22. The van der Waals surface area contributed by atoms with Crippen molar-refractivity contribution in [2.75, 3.05) is 11.1 Å². The Morgan fingerprint density at radius 2 is 2.05 bits per heavy atom. The van der Waals surface area contributed by atoms with Crippen molar-refractivity contribution in [2.45, 2.75) is 13.3 Å². The molecule has 0 heterocycles. The molecule has 0 aliphatic heterocycles. The third kappa shape index (κ3) is 3.10. The summed E-state index contributed by atoms with van der Waals surface area (Å²) in [6.07, 6.45) is 0.871. The number of carbonyl (C=O) groups excluding carboxylic acids is 1. The Hall–Kier alpha value is -2.36. The molecule has 0 saturated heterocycles. The second-order valence-electron chi connectivity index (χ2n) is 4.25. The summed E-state index contributed by atoms with van der Waals surface area (Å²) in [6, 6.07) is 11.4. The van der Waals surface area contributed by atoms with Gasteiger partial charge >= 0.3 is 0 Å². The second-order valence-corrected chi connectivity index (χ2v) is 4.25. The van der Waals surface area contributed by atoms with Gasteiger partial charge in [-0.15, -0.1) is 0 Å². The number of anilines is 2. The Morgan fingerprint density at radius 3 is 2.79 bits per heavy atom. The first-order valence-corrected chi connectivity index (χ1v) is 6.05. The van der Waals surface area contributed by atoms with Crippen molar-refractivity contribution in [3.63, 3.8) is 0 Å². The van der Waals surface area contributed by atoms with Gasteiger partial charge in [0.2, 0.25) is 0 Å². The summed E-state index contributed by atoms with van der Waals surface area (Å²) >= 11 is 0. The summed E-state index contributed by atoms with van der Waals surface area (Å²) in [5, 5.41) is 2.67. The van der Waals surface area contributed by atoms with E-state index in [1.165, 1.54) is 18.2 Å². The Kier molecular flexibility index (Phi) is 3.80. The smallest absolute Gasteiger partial charge is 0.258 e. The van der Waals surface area contributed by atoms with Crippen LogP contribution in [0.3, 0.4) is 0 Å². The minimum absolute atomic E-state index is 0.0538. The zero-order valence-electron chi connectivity index (χ0n) is 10.6. The largest absolute Gasteiger partial charge is 0.399 e. The van der Waals surface area contributed by atoms with E-state index in [4.69, 9.17) is 5.73 Å². The van der Waals surface area contributed by atoms with Crippen LogP contribution >= 0.6 is 0 Å². The number of nitrogens with two attached hydrogens (primary N) is 1. The Morgan fingerprint density at radius 1 is 1.26 bits per heavy atom. The number of nitrogens with one attached hydrogen (secondary N) is 1. The molecule has 98 valence electrons. The molecule has 0 bridgehead atoms. The van der Waals surface area contributed by atoms with Crippen molar-refractivity contribution in [3.8, 4) is 0 Å². The summed E-state index contributed by atoms with van der Waals surface area (Å²) in [6.45, 7) is 2.03. The van der Waals surface area contributed by atoms with Gasteiger partial charge in [0.1, 0.15) is 5.82 Å². The first-order chi connectivity index (χ1) is 9.10. The van der Waals surface area contributed by atoms with Crippen LogP contribution in [-0.4, -0.2) is 5.91 Å². The molecule has 4 heteroatoms. The number of benzene rings is 2. The van der Waals surface area contributed by atoms with E-state index in [1.807, 2.05) is 25.1 Å². The molecule has 3 nitrogen and oxygen atoms in total. The lowest BCUT2D eigenvalue weighted by atomic mass is 10.1. The van der Waals surface area contributed by atoms with Gasteiger partial charge in [-0.05, 0) is 42.3 Å². The number of amides is 1. The van der Waals surface area contributed by atoms with Gasteiger partial charge in [0, 0.05) is 11.4 Å². The van der Waals surface area contributed by atoms with Crippen molar-refractivity contribution in [2.24, 2.45) is 0 Å². The van der Waals surface area contributed by atoms with Gasteiger partial charge in [0.05, 0.1) is 5.56 Å². The Balaban J connectivity index is 2.23. The fraction of sp³-hybridized carbons (Fsp3) is 0.133. The van der Waals surface area contributed by atoms with Gasteiger partial charge in [0.15, 0.2) is 0 Å². The lowest BCUT2D eigenvalue weighted by molar-refractivity contribution is 0.102. The molecule has 0 aromatic heterocycles. The van der Waals surface area contributed by atoms with Crippen molar-refractivity contribution in [1.29, 1.82) is 0 Å². The van der Waals surface area contributed by atoms with Crippen LogP contribution in [0.1, 0.15) is 22.8 Å². The molecule has 0 unspecified atom stereocenters. The maximum absolute atomic E-state index is 13.6. The number of hydrogen-bond acceptors (Lipinski definition) is 2. The first kappa shape index (κ1) is 13.1. The fourth-order valence-electron chi connectivity index (χ4n) is 1.78. The summed E-state index contributed by atoms with van der Waals surface area (Å²) in [7, 11) is 0. The first-order valence-electron chi connectivity index (χ1n) is 6.05. The van der Waals surface area contributed by atoms with Crippen LogP contribution in [0.25, 0.3) is 0 Å². The topological polar surface area (TPSA) is 55.1 Å². The van der Waals surface area contributed by atoms with Crippen LogP contribution in [0.4, 0.5) is 15.8 Å². The number of carbonyl (C=O) groups is 1. The molecule has 0 aliphatic carbocycles. The van der Waals surface area contributed by atoms with Gasteiger partial charge in [-0.3, -0.25) is 4.79 Å². The van der Waals surface area contributed by atoms with Gasteiger partial charge in [-0.25, -0.2) is 4.39 Å². The van der Waals surface area contributed by atoms with Crippen LogP contribution in [0.15, 0.2) is 42.5 Å². The van der Waals surface area contributed by atoms with Crippen LogP contribution in [0.2, 0.25) is 0 Å². The van der Waals surface area contributed by atoms with Crippen molar-refractivity contribution < 1.29 is 9.18 Å². The van der Waals surface area contributed by atoms with Crippen LogP contribution in [0, 0.1) is 5.82 Å². The van der Waals surface area contributed by atoms with Crippen molar-refractivity contribution in [3.05, 3.63) is 59.4 Å². The monoisotopic (exact) mass is 258 g/mol. The van der Waals surface area contributed by atoms with E-state index >= 15 is 0 Å². The maximum atomic E-state index is 13.6. The van der Waals surface area contributed by atoms with E-state index in [0.29, 0.717) is 11.4 Å². The molecule has 0 aliphatic rings. The van der Waals surface area contributed by atoms with Crippen molar-refractivity contribution in [1.82, 2.24) is 0 Å². The van der Waals surface area contributed by atoms with Crippen LogP contribution in [0.5, 0.6) is 0 Å². The molecule has 3 N–H and O–H groups in total. The number of halogens is 1. The summed E-state index contributed by atoms with van der Waals surface area (Å²) in [4.78, 5) is 12.0. The predicted molar refractivity (Wildman–Crippen MR) is 74.6 cm³/mol. The molecule has 2 aromatic carbocycles. The fourth-order valence-corrected chi connectivity index (χ4v) is 1.78. The number of nitrogen functional groups attached to an aromatic ring is 1. The highest BCUT2D eigenvalue weighted by Gasteiger charge is 2.12. The SMILES string of the molecule is CCc1cccc(NC(=O)c2cc(N)ccc2F)c1. The van der Waals surface area contributed by atoms with E-state index < -0.39 is 11.7 Å². The van der Waals surface area contributed by atoms with Crippen molar-refractivity contribution >= 4 is 17.3 Å². The Bertz CT molecular complexity index is 611. The molecular formula is C15H15FN2O. The molecule has 19 heavy (non-hydrogen) atoms.